The fourth-order valence-electron chi connectivity index (χ4n) is 1.88. The average molecular weight is 258 g/mol. The topological polar surface area (TPSA) is 64.3 Å². The van der Waals surface area contributed by atoms with Gasteiger partial charge in [0, 0.05) is 6.54 Å². The number of carbonyl (C=O) groups is 1. The van der Waals surface area contributed by atoms with Crippen LogP contribution in [0.5, 0.6) is 0 Å². The van der Waals surface area contributed by atoms with Gasteiger partial charge >= 0.3 is 0 Å². The van der Waals surface area contributed by atoms with Crippen molar-refractivity contribution in [1.29, 1.82) is 0 Å². The SMILES string of the molecule is CCCCCCCCCCCCNOCC(N)=O. The molecule has 0 heterocycles. The molecule has 4 heteroatoms. The van der Waals surface area contributed by atoms with Gasteiger partial charge in [-0.2, -0.15) is 0 Å². The third-order valence-electron chi connectivity index (χ3n) is 2.95. The average Bonchev–Trinajstić information content (AvgIpc) is 2.34. The van der Waals surface area contributed by atoms with E-state index in [0.717, 1.165) is 13.0 Å². The van der Waals surface area contributed by atoms with Crippen LogP contribution in [0.2, 0.25) is 0 Å². The van der Waals surface area contributed by atoms with Crippen molar-refractivity contribution in [1.82, 2.24) is 5.48 Å². The first-order valence-corrected chi connectivity index (χ1v) is 7.40. The maximum atomic E-state index is 10.4. The van der Waals surface area contributed by atoms with Crippen LogP contribution in [0.1, 0.15) is 71.1 Å². The van der Waals surface area contributed by atoms with Crippen molar-refractivity contribution >= 4 is 5.91 Å². The fourth-order valence-corrected chi connectivity index (χ4v) is 1.88. The Morgan fingerprint density at radius 2 is 1.44 bits per heavy atom. The van der Waals surface area contributed by atoms with Gasteiger partial charge in [0.15, 0.2) is 0 Å². The van der Waals surface area contributed by atoms with E-state index < -0.39 is 5.91 Å². The van der Waals surface area contributed by atoms with Gasteiger partial charge in [-0.25, -0.2) is 5.48 Å². The number of primary amides is 1. The van der Waals surface area contributed by atoms with E-state index in [1.165, 1.54) is 57.8 Å². The van der Waals surface area contributed by atoms with Crippen molar-refractivity contribution in [3.8, 4) is 0 Å². The highest BCUT2D eigenvalue weighted by Crippen LogP contribution is 2.10. The summed E-state index contributed by atoms with van der Waals surface area (Å²) in [5, 5.41) is 0. The first kappa shape index (κ1) is 17.4. The van der Waals surface area contributed by atoms with Crippen LogP contribution in [-0.4, -0.2) is 19.1 Å². The number of nitrogens with one attached hydrogen (secondary N) is 1. The Morgan fingerprint density at radius 1 is 0.944 bits per heavy atom. The highest BCUT2D eigenvalue weighted by molar-refractivity contribution is 5.74. The van der Waals surface area contributed by atoms with E-state index in [-0.39, 0.29) is 6.61 Å². The lowest BCUT2D eigenvalue weighted by molar-refractivity contribution is -0.125. The van der Waals surface area contributed by atoms with Crippen LogP contribution < -0.4 is 11.2 Å². The molecule has 0 fully saturated rings. The summed E-state index contributed by atoms with van der Waals surface area (Å²) in [6, 6.07) is 0. The molecule has 3 N–H and O–H groups in total. The summed E-state index contributed by atoms with van der Waals surface area (Å²) in [5.41, 5.74) is 7.67. The molecule has 0 saturated heterocycles. The van der Waals surface area contributed by atoms with Crippen LogP contribution in [0.4, 0.5) is 0 Å². The van der Waals surface area contributed by atoms with E-state index in [9.17, 15) is 4.79 Å². The van der Waals surface area contributed by atoms with Gasteiger partial charge in [0.25, 0.3) is 0 Å². The number of amides is 1. The summed E-state index contributed by atoms with van der Waals surface area (Å²) < 4.78 is 0. The number of hydrogen-bond acceptors (Lipinski definition) is 3. The third kappa shape index (κ3) is 15.4. The van der Waals surface area contributed by atoms with E-state index in [1.54, 1.807) is 0 Å². The number of hydrogen-bond donors (Lipinski definition) is 2. The van der Waals surface area contributed by atoms with Crippen molar-refractivity contribution in [2.45, 2.75) is 71.1 Å². The van der Waals surface area contributed by atoms with Crippen molar-refractivity contribution in [2.24, 2.45) is 5.73 Å². The molecule has 0 aliphatic carbocycles. The van der Waals surface area contributed by atoms with Crippen LogP contribution in [0.3, 0.4) is 0 Å². The van der Waals surface area contributed by atoms with E-state index in [4.69, 9.17) is 10.6 Å². The second-order valence-corrected chi connectivity index (χ2v) is 4.83. The normalized spacial score (nSPS) is 10.7. The van der Waals surface area contributed by atoms with Gasteiger partial charge in [-0.15, -0.1) is 0 Å². The third-order valence-corrected chi connectivity index (χ3v) is 2.95. The number of nitrogens with two attached hydrogens (primary N) is 1. The van der Waals surface area contributed by atoms with Gasteiger partial charge in [0.2, 0.25) is 5.91 Å². The van der Waals surface area contributed by atoms with Crippen LogP contribution in [-0.2, 0) is 9.63 Å². The summed E-state index contributed by atoms with van der Waals surface area (Å²) >= 11 is 0. The second kappa shape index (κ2) is 14.5. The Labute approximate surface area is 112 Å². The summed E-state index contributed by atoms with van der Waals surface area (Å²) in [6.45, 7) is 3.00. The van der Waals surface area contributed by atoms with Crippen molar-refractivity contribution < 1.29 is 9.63 Å². The van der Waals surface area contributed by atoms with Crippen molar-refractivity contribution in [3.63, 3.8) is 0 Å². The molecule has 0 saturated carbocycles. The van der Waals surface area contributed by atoms with E-state index in [2.05, 4.69) is 12.4 Å². The van der Waals surface area contributed by atoms with Gasteiger partial charge in [-0.05, 0) is 6.42 Å². The molecule has 0 radical (unpaired) electrons. The standard InChI is InChI=1S/C14H30N2O2/c1-2-3-4-5-6-7-8-9-10-11-12-16-18-13-14(15)17/h16H,2-13H2,1H3,(H2,15,17). The number of rotatable bonds is 14. The number of hydroxylamine groups is 1. The molecule has 0 spiro atoms. The predicted octanol–water partition coefficient (Wildman–Crippen LogP) is 2.91. The zero-order valence-electron chi connectivity index (χ0n) is 11.9. The Kier molecular flexibility index (Phi) is 14.0. The van der Waals surface area contributed by atoms with Gasteiger partial charge in [0.05, 0.1) is 0 Å². The lowest BCUT2D eigenvalue weighted by Crippen LogP contribution is -2.25. The van der Waals surface area contributed by atoms with E-state index in [0.29, 0.717) is 0 Å². The Balaban J connectivity index is 2.92. The van der Waals surface area contributed by atoms with Crippen LogP contribution >= 0.6 is 0 Å². The first-order chi connectivity index (χ1) is 8.77. The van der Waals surface area contributed by atoms with Crippen LogP contribution in [0.25, 0.3) is 0 Å². The number of unbranched alkanes of at least 4 members (excludes halogenated alkanes) is 9. The monoisotopic (exact) mass is 258 g/mol. The molecule has 18 heavy (non-hydrogen) atoms. The minimum absolute atomic E-state index is 0.0439. The van der Waals surface area contributed by atoms with Gasteiger partial charge < -0.3 is 5.73 Å². The minimum Gasteiger partial charge on any atom is -0.368 e. The highest BCUT2D eigenvalue weighted by atomic mass is 16.6. The van der Waals surface area contributed by atoms with E-state index >= 15 is 0 Å². The molecule has 0 bridgehead atoms. The summed E-state index contributed by atoms with van der Waals surface area (Å²) in [5.74, 6) is -0.439. The highest BCUT2D eigenvalue weighted by Gasteiger charge is 1.94. The van der Waals surface area contributed by atoms with E-state index in [1.807, 2.05) is 0 Å². The minimum atomic E-state index is -0.439. The molecule has 0 aromatic rings. The molecule has 0 aliphatic heterocycles. The van der Waals surface area contributed by atoms with Crippen LogP contribution in [0, 0.1) is 0 Å². The molecule has 0 aromatic heterocycles. The fraction of sp³-hybridized carbons (Fsp3) is 0.929. The number of carbonyl (C=O) groups excluding carboxylic acids is 1. The molecule has 108 valence electrons. The lowest BCUT2D eigenvalue weighted by atomic mass is 10.1. The Hall–Kier alpha value is -0.610. The lowest BCUT2D eigenvalue weighted by Gasteiger charge is -2.04. The molecule has 1 amide bonds. The van der Waals surface area contributed by atoms with Gasteiger partial charge in [-0.1, -0.05) is 64.7 Å². The maximum Gasteiger partial charge on any atom is 0.245 e. The van der Waals surface area contributed by atoms with Gasteiger partial charge in [-0.3, -0.25) is 9.63 Å². The summed E-state index contributed by atoms with van der Waals surface area (Å²) in [7, 11) is 0. The zero-order valence-corrected chi connectivity index (χ0v) is 11.9. The van der Waals surface area contributed by atoms with Crippen LogP contribution in [0.15, 0.2) is 0 Å². The van der Waals surface area contributed by atoms with Crippen molar-refractivity contribution in [2.75, 3.05) is 13.2 Å². The molecular formula is C14H30N2O2. The summed E-state index contributed by atoms with van der Waals surface area (Å²) in [6.07, 6.45) is 13.2. The summed E-state index contributed by atoms with van der Waals surface area (Å²) in [4.78, 5) is 15.2. The smallest absolute Gasteiger partial charge is 0.245 e. The van der Waals surface area contributed by atoms with Crippen molar-refractivity contribution in [3.05, 3.63) is 0 Å². The molecule has 0 aliphatic rings. The zero-order chi connectivity index (χ0) is 13.5. The van der Waals surface area contributed by atoms with Gasteiger partial charge in [0.1, 0.15) is 6.61 Å². The molecule has 0 rings (SSSR count). The largest absolute Gasteiger partial charge is 0.368 e. The first-order valence-electron chi connectivity index (χ1n) is 7.40. The molecule has 0 atom stereocenters. The second-order valence-electron chi connectivity index (χ2n) is 4.83. The molecule has 0 unspecified atom stereocenters. The molecular weight excluding hydrogens is 228 g/mol. The predicted molar refractivity (Wildman–Crippen MR) is 75.0 cm³/mol. The molecule has 4 nitrogen and oxygen atoms in total. The Bertz CT molecular complexity index is 187. The maximum absolute atomic E-state index is 10.4. The molecule has 0 aromatic carbocycles. The Morgan fingerprint density at radius 3 is 1.94 bits per heavy atom. The quantitative estimate of drug-likeness (QED) is 0.372.